The van der Waals surface area contributed by atoms with E-state index in [4.69, 9.17) is 9.84 Å². The Labute approximate surface area is 144 Å². The van der Waals surface area contributed by atoms with Crippen LogP contribution >= 0.6 is 0 Å². The molecular weight excluding hydrogens is 325 g/mol. The molecule has 1 aliphatic heterocycles. The van der Waals surface area contributed by atoms with Crippen molar-refractivity contribution in [2.45, 2.75) is 25.0 Å². The van der Waals surface area contributed by atoms with Gasteiger partial charge < -0.3 is 15.2 Å². The van der Waals surface area contributed by atoms with Crippen LogP contribution in [0.5, 0.6) is 0 Å². The topological polar surface area (TPSA) is 75.6 Å². The van der Waals surface area contributed by atoms with Gasteiger partial charge in [0.1, 0.15) is 5.82 Å². The maximum Gasteiger partial charge on any atom is 0.305 e. The van der Waals surface area contributed by atoms with Crippen molar-refractivity contribution >= 4 is 11.9 Å². The van der Waals surface area contributed by atoms with Crippen LogP contribution in [0.3, 0.4) is 0 Å². The quantitative estimate of drug-likeness (QED) is 0.875. The lowest BCUT2D eigenvalue weighted by molar-refractivity contribution is -0.139. The minimum absolute atomic E-state index is 0.300. The lowest BCUT2D eigenvalue weighted by Gasteiger charge is -2.27. The van der Waals surface area contributed by atoms with Gasteiger partial charge >= 0.3 is 5.97 Å². The predicted octanol–water partition coefficient (Wildman–Crippen LogP) is 2.77. The summed E-state index contributed by atoms with van der Waals surface area (Å²) in [5.74, 6) is -1.88. The molecule has 0 spiro atoms. The fourth-order valence-electron chi connectivity index (χ4n) is 2.98. The van der Waals surface area contributed by atoms with Crippen molar-refractivity contribution in [1.82, 2.24) is 5.32 Å². The Balaban J connectivity index is 1.81. The number of rotatable bonds is 5. The second-order valence-corrected chi connectivity index (χ2v) is 5.91. The van der Waals surface area contributed by atoms with Crippen LogP contribution < -0.4 is 5.32 Å². The molecule has 6 heteroatoms. The van der Waals surface area contributed by atoms with E-state index in [0.29, 0.717) is 12.2 Å². The molecule has 0 saturated carbocycles. The number of benzene rings is 2. The van der Waals surface area contributed by atoms with Crippen LogP contribution in [0.2, 0.25) is 0 Å². The van der Waals surface area contributed by atoms with Crippen LogP contribution in [0, 0.1) is 5.82 Å². The Hall–Kier alpha value is -2.73. The van der Waals surface area contributed by atoms with Gasteiger partial charge in [0.15, 0.2) is 6.10 Å². The van der Waals surface area contributed by atoms with E-state index < -0.39 is 29.8 Å². The van der Waals surface area contributed by atoms with Crippen molar-refractivity contribution in [3.05, 3.63) is 71.0 Å². The molecule has 3 rings (SSSR count). The molecule has 0 saturated heterocycles. The third-order valence-electron chi connectivity index (χ3n) is 4.20. The first kappa shape index (κ1) is 17.1. The SMILES string of the molecule is O=C(O)C[C@H](NC(=O)[C@H]1OCCc2ccccc21)c1ccc(F)cc1. The first-order chi connectivity index (χ1) is 12.0. The van der Waals surface area contributed by atoms with Crippen molar-refractivity contribution in [3.8, 4) is 0 Å². The number of hydrogen-bond acceptors (Lipinski definition) is 3. The number of aliphatic carboxylic acids is 1. The van der Waals surface area contributed by atoms with E-state index in [2.05, 4.69) is 5.32 Å². The number of carbonyl (C=O) groups excluding carboxylic acids is 1. The smallest absolute Gasteiger partial charge is 0.305 e. The summed E-state index contributed by atoms with van der Waals surface area (Å²) >= 11 is 0. The van der Waals surface area contributed by atoms with E-state index in [1.54, 1.807) is 0 Å². The highest BCUT2D eigenvalue weighted by molar-refractivity contribution is 5.84. The number of carboxylic acids is 1. The van der Waals surface area contributed by atoms with Crippen molar-refractivity contribution in [2.75, 3.05) is 6.61 Å². The zero-order valence-electron chi connectivity index (χ0n) is 13.4. The Morgan fingerprint density at radius 3 is 2.64 bits per heavy atom. The maximum atomic E-state index is 13.1. The summed E-state index contributed by atoms with van der Waals surface area (Å²) in [6.45, 7) is 0.426. The molecule has 1 amide bonds. The van der Waals surface area contributed by atoms with Gasteiger partial charge in [0.2, 0.25) is 0 Å². The predicted molar refractivity (Wildman–Crippen MR) is 88.4 cm³/mol. The lowest BCUT2D eigenvalue weighted by Crippen LogP contribution is -2.37. The Morgan fingerprint density at radius 2 is 1.92 bits per heavy atom. The van der Waals surface area contributed by atoms with Gasteiger partial charge in [-0.3, -0.25) is 9.59 Å². The van der Waals surface area contributed by atoms with Crippen molar-refractivity contribution < 1.29 is 23.8 Å². The monoisotopic (exact) mass is 343 g/mol. The number of nitrogens with one attached hydrogen (secondary N) is 1. The van der Waals surface area contributed by atoms with Gasteiger partial charge in [0.05, 0.1) is 19.1 Å². The molecule has 0 aliphatic carbocycles. The molecule has 2 atom stereocenters. The first-order valence-electron chi connectivity index (χ1n) is 8.01. The summed E-state index contributed by atoms with van der Waals surface area (Å²) in [7, 11) is 0. The lowest BCUT2D eigenvalue weighted by atomic mass is 9.96. The van der Waals surface area contributed by atoms with Crippen LogP contribution in [-0.2, 0) is 20.7 Å². The number of hydrogen-bond donors (Lipinski definition) is 2. The standard InChI is InChI=1S/C19H18FNO4/c20-14-7-5-13(6-8-14)16(11-17(22)23)21-19(24)18-15-4-2-1-3-12(15)9-10-25-18/h1-8,16,18H,9-11H2,(H,21,24)(H,22,23)/t16-,18-/m0/s1. The first-order valence-corrected chi connectivity index (χ1v) is 8.01. The van der Waals surface area contributed by atoms with Gasteiger partial charge in [-0.2, -0.15) is 0 Å². The van der Waals surface area contributed by atoms with E-state index in [1.165, 1.54) is 24.3 Å². The molecule has 2 N–H and O–H groups in total. The largest absolute Gasteiger partial charge is 0.481 e. The zero-order valence-corrected chi connectivity index (χ0v) is 13.4. The van der Waals surface area contributed by atoms with Crippen LogP contribution in [0.15, 0.2) is 48.5 Å². The van der Waals surface area contributed by atoms with Crippen LogP contribution in [0.25, 0.3) is 0 Å². The highest BCUT2D eigenvalue weighted by Crippen LogP contribution is 2.28. The normalized spacial score (nSPS) is 17.4. The molecule has 2 aromatic rings. The van der Waals surface area contributed by atoms with Gasteiger partial charge in [0, 0.05) is 0 Å². The molecule has 1 aliphatic rings. The average molecular weight is 343 g/mol. The summed E-state index contributed by atoms with van der Waals surface area (Å²) in [6.07, 6.45) is -0.343. The van der Waals surface area contributed by atoms with Crippen molar-refractivity contribution in [3.63, 3.8) is 0 Å². The maximum absolute atomic E-state index is 13.1. The van der Waals surface area contributed by atoms with E-state index in [0.717, 1.165) is 17.5 Å². The second kappa shape index (κ2) is 7.44. The molecule has 1 heterocycles. The molecule has 25 heavy (non-hydrogen) atoms. The van der Waals surface area contributed by atoms with E-state index in [-0.39, 0.29) is 6.42 Å². The minimum atomic E-state index is -1.06. The van der Waals surface area contributed by atoms with Crippen LogP contribution in [0.4, 0.5) is 4.39 Å². The van der Waals surface area contributed by atoms with Gasteiger partial charge in [-0.1, -0.05) is 36.4 Å². The molecular formula is C19H18FNO4. The Bertz CT molecular complexity index is 775. The van der Waals surface area contributed by atoms with E-state index in [1.807, 2.05) is 24.3 Å². The fourth-order valence-corrected chi connectivity index (χ4v) is 2.98. The van der Waals surface area contributed by atoms with E-state index in [9.17, 15) is 14.0 Å². The third kappa shape index (κ3) is 4.03. The van der Waals surface area contributed by atoms with Crippen LogP contribution in [0.1, 0.15) is 35.3 Å². The highest BCUT2D eigenvalue weighted by Gasteiger charge is 2.29. The summed E-state index contributed by atoms with van der Waals surface area (Å²) in [5.41, 5.74) is 2.37. The summed E-state index contributed by atoms with van der Waals surface area (Å²) in [4.78, 5) is 23.8. The molecule has 130 valence electrons. The molecule has 0 unspecified atom stereocenters. The Morgan fingerprint density at radius 1 is 1.20 bits per heavy atom. The number of carboxylic acid groups (broad SMARTS) is 1. The van der Waals surface area contributed by atoms with Gasteiger partial charge in [0.25, 0.3) is 5.91 Å². The molecule has 5 nitrogen and oxygen atoms in total. The molecule has 2 aromatic carbocycles. The zero-order chi connectivity index (χ0) is 17.8. The summed E-state index contributed by atoms with van der Waals surface area (Å²) in [5, 5.41) is 11.9. The molecule has 0 aromatic heterocycles. The average Bonchev–Trinajstić information content (AvgIpc) is 2.61. The van der Waals surface area contributed by atoms with Crippen LogP contribution in [-0.4, -0.2) is 23.6 Å². The number of ether oxygens (including phenoxy) is 1. The third-order valence-corrected chi connectivity index (χ3v) is 4.20. The molecule has 0 radical (unpaired) electrons. The van der Waals surface area contributed by atoms with Gasteiger partial charge in [-0.05, 0) is 35.2 Å². The highest BCUT2D eigenvalue weighted by atomic mass is 19.1. The van der Waals surface area contributed by atoms with Gasteiger partial charge in [-0.15, -0.1) is 0 Å². The minimum Gasteiger partial charge on any atom is -0.481 e. The molecule has 0 fully saturated rings. The number of halogens is 1. The van der Waals surface area contributed by atoms with E-state index >= 15 is 0 Å². The van der Waals surface area contributed by atoms with Gasteiger partial charge in [-0.25, -0.2) is 4.39 Å². The molecule has 0 bridgehead atoms. The Kier molecular flexibility index (Phi) is 5.09. The summed E-state index contributed by atoms with van der Waals surface area (Å²) in [6, 6.07) is 12.2. The number of carbonyl (C=O) groups is 2. The fraction of sp³-hybridized carbons (Fsp3) is 0.263. The van der Waals surface area contributed by atoms with Crippen molar-refractivity contribution in [1.29, 1.82) is 0 Å². The number of amides is 1. The number of fused-ring (bicyclic) bond motifs is 1. The summed E-state index contributed by atoms with van der Waals surface area (Å²) < 4.78 is 18.7. The van der Waals surface area contributed by atoms with Crippen molar-refractivity contribution in [2.24, 2.45) is 0 Å². The second-order valence-electron chi connectivity index (χ2n) is 5.91.